The molecule has 0 aromatic heterocycles. The Hall–Kier alpha value is -3.49. The number of nitrogens with zero attached hydrogens (tertiary/aromatic N) is 1. The number of rotatable bonds is 7. The zero-order valence-electron chi connectivity index (χ0n) is 21.2. The van der Waals surface area contributed by atoms with Gasteiger partial charge in [-0.25, -0.2) is 4.79 Å². The third-order valence-corrected chi connectivity index (χ3v) is 7.20. The molecule has 0 saturated carbocycles. The van der Waals surface area contributed by atoms with E-state index >= 15 is 0 Å². The minimum Gasteiger partial charge on any atom is -0.493 e. The van der Waals surface area contributed by atoms with E-state index in [2.05, 4.69) is 10.2 Å². The standard InChI is InChI=1S/C28H29ClN2O5S/c1-17-22(29)6-5-7-23(17)30-28(37)31-13-12-19-14-25(33-2)26(34-3)15-21(19)24(31)16-36-20-10-8-18(9-11-20)27(32)35-4/h5-11,14-15,24H,12-13,16H2,1-4H3,(H,30,37)/t24-/m0/s1. The average molecular weight is 541 g/mol. The highest BCUT2D eigenvalue weighted by Gasteiger charge is 2.31. The van der Waals surface area contributed by atoms with E-state index < -0.39 is 5.97 Å². The summed E-state index contributed by atoms with van der Waals surface area (Å²) in [5.74, 6) is 1.56. The molecule has 1 atom stereocenters. The molecule has 0 fully saturated rings. The van der Waals surface area contributed by atoms with Gasteiger partial charge in [-0.15, -0.1) is 0 Å². The minimum atomic E-state index is -0.396. The third-order valence-electron chi connectivity index (χ3n) is 6.46. The summed E-state index contributed by atoms with van der Waals surface area (Å²) < 4.78 is 22.1. The first-order chi connectivity index (χ1) is 17.9. The number of carbonyl (C=O) groups is 1. The Labute approximate surface area is 227 Å². The van der Waals surface area contributed by atoms with Crippen LogP contribution in [0.2, 0.25) is 5.02 Å². The predicted molar refractivity (Wildman–Crippen MR) is 148 cm³/mol. The minimum absolute atomic E-state index is 0.205. The van der Waals surface area contributed by atoms with E-state index in [0.29, 0.717) is 46.1 Å². The normalized spacial score (nSPS) is 14.4. The Morgan fingerprint density at radius 1 is 1.08 bits per heavy atom. The van der Waals surface area contributed by atoms with Crippen LogP contribution in [0.3, 0.4) is 0 Å². The largest absolute Gasteiger partial charge is 0.493 e. The molecule has 1 aliphatic rings. The van der Waals surface area contributed by atoms with Gasteiger partial charge in [-0.1, -0.05) is 17.7 Å². The summed E-state index contributed by atoms with van der Waals surface area (Å²) in [4.78, 5) is 13.9. The summed E-state index contributed by atoms with van der Waals surface area (Å²) in [6, 6.07) is 16.3. The molecule has 0 spiro atoms. The van der Waals surface area contributed by atoms with Gasteiger partial charge in [0, 0.05) is 17.3 Å². The van der Waals surface area contributed by atoms with Gasteiger partial charge in [0.25, 0.3) is 0 Å². The van der Waals surface area contributed by atoms with Crippen molar-refractivity contribution in [1.29, 1.82) is 0 Å². The number of hydrogen-bond donors (Lipinski definition) is 1. The van der Waals surface area contributed by atoms with E-state index in [4.69, 9.17) is 42.8 Å². The molecule has 1 aliphatic heterocycles. The van der Waals surface area contributed by atoms with E-state index in [0.717, 1.165) is 28.8 Å². The van der Waals surface area contributed by atoms with Crippen LogP contribution in [0.4, 0.5) is 5.69 Å². The molecular formula is C28H29ClN2O5S. The summed E-state index contributed by atoms with van der Waals surface area (Å²) in [6.45, 7) is 2.95. The molecule has 0 aliphatic carbocycles. The first-order valence-electron chi connectivity index (χ1n) is 11.7. The number of anilines is 1. The van der Waals surface area contributed by atoms with E-state index in [1.165, 1.54) is 7.11 Å². The lowest BCUT2D eigenvalue weighted by molar-refractivity contribution is 0.0600. The maximum Gasteiger partial charge on any atom is 0.337 e. The van der Waals surface area contributed by atoms with Crippen molar-refractivity contribution in [1.82, 2.24) is 4.90 Å². The second-order valence-corrected chi connectivity index (χ2v) is 9.33. The maximum absolute atomic E-state index is 11.8. The maximum atomic E-state index is 11.8. The number of nitrogens with one attached hydrogen (secondary N) is 1. The predicted octanol–water partition coefficient (Wildman–Crippen LogP) is 5.83. The fourth-order valence-electron chi connectivity index (χ4n) is 4.36. The zero-order valence-corrected chi connectivity index (χ0v) is 22.7. The first kappa shape index (κ1) is 26.6. The molecule has 0 saturated heterocycles. The van der Waals surface area contributed by atoms with Gasteiger partial charge in [0.15, 0.2) is 16.6 Å². The van der Waals surface area contributed by atoms with E-state index in [9.17, 15) is 4.79 Å². The molecule has 0 unspecified atom stereocenters. The van der Waals surface area contributed by atoms with E-state index in [-0.39, 0.29) is 6.04 Å². The van der Waals surface area contributed by atoms with Crippen molar-refractivity contribution in [2.75, 3.05) is 39.8 Å². The summed E-state index contributed by atoms with van der Waals surface area (Å²) in [5.41, 5.74) is 4.42. The molecule has 1 N–H and O–H groups in total. The average Bonchev–Trinajstić information content (AvgIpc) is 2.93. The summed E-state index contributed by atoms with van der Waals surface area (Å²) >= 11 is 12.2. The molecule has 37 heavy (non-hydrogen) atoms. The summed E-state index contributed by atoms with van der Waals surface area (Å²) in [6.07, 6.45) is 0.774. The second kappa shape index (κ2) is 11.7. The topological polar surface area (TPSA) is 69.3 Å². The molecule has 9 heteroatoms. The molecule has 194 valence electrons. The SMILES string of the molecule is COC(=O)c1ccc(OC[C@H]2c3cc(OC)c(OC)cc3CCN2C(=S)Nc2cccc(Cl)c2C)cc1. The number of esters is 1. The molecule has 0 amide bonds. The summed E-state index contributed by atoms with van der Waals surface area (Å²) in [7, 11) is 4.60. The summed E-state index contributed by atoms with van der Waals surface area (Å²) in [5, 5.41) is 4.61. The van der Waals surface area contributed by atoms with Crippen molar-refractivity contribution in [3.05, 3.63) is 81.9 Å². The van der Waals surface area contributed by atoms with E-state index in [1.54, 1.807) is 38.5 Å². The monoisotopic (exact) mass is 540 g/mol. The van der Waals surface area contributed by atoms with Crippen molar-refractivity contribution in [2.24, 2.45) is 0 Å². The van der Waals surface area contributed by atoms with Crippen LogP contribution >= 0.6 is 23.8 Å². The van der Waals surface area contributed by atoms with Crippen LogP contribution in [0.25, 0.3) is 0 Å². The fourth-order valence-corrected chi connectivity index (χ4v) is 4.86. The Bertz CT molecular complexity index is 1300. The molecule has 3 aromatic carbocycles. The van der Waals surface area contributed by atoms with Crippen LogP contribution in [0.5, 0.6) is 17.2 Å². The van der Waals surface area contributed by atoms with Gasteiger partial charge in [-0.2, -0.15) is 0 Å². The van der Waals surface area contributed by atoms with Gasteiger partial charge < -0.3 is 29.2 Å². The molecule has 0 radical (unpaired) electrons. The van der Waals surface area contributed by atoms with Crippen molar-refractivity contribution in [3.8, 4) is 17.2 Å². The van der Waals surface area contributed by atoms with Crippen molar-refractivity contribution < 1.29 is 23.7 Å². The van der Waals surface area contributed by atoms with Crippen LogP contribution in [0.15, 0.2) is 54.6 Å². The molecular weight excluding hydrogens is 512 g/mol. The highest BCUT2D eigenvalue weighted by atomic mass is 35.5. The first-order valence-corrected chi connectivity index (χ1v) is 12.5. The number of ether oxygens (including phenoxy) is 4. The van der Waals surface area contributed by atoms with Gasteiger partial charge in [0.2, 0.25) is 0 Å². The van der Waals surface area contributed by atoms with Gasteiger partial charge in [-0.05, 0) is 90.8 Å². The smallest absolute Gasteiger partial charge is 0.337 e. The van der Waals surface area contributed by atoms with Crippen LogP contribution < -0.4 is 19.5 Å². The molecule has 0 bridgehead atoms. The highest BCUT2D eigenvalue weighted by molar-refractivity contribution is 7.80. The zero-order chi connectivity index (χ0) is 26.5. The van der Waals surface area contributed by atoms with Crippen LogP contribution in [0, 0.1) is 6.92 Å². The Kier molecular flexibility index (Phi) is 8.41. The Morgan fingerprint density at radius 3 is 2.46 bits per heavy atom. The van der Waals surface area contributed by atoms with Crippen molar-refractivity contribution in [2.45, 2.75) is 19.4 Å². The van der Waals surface area contributed by atoms with Gasteiger partial charge in [0.05, 0.1) is 32.9 Å². The number of methoxy groups -OCH3 is 3. The number of hydrogen-bond acceptors (Lipinski definition) is 6. The van der Waals surface area contributed by atoms with Gasteiger partial charge >= 0.3 is 5.97 Å². The Morgan fingerprint density at radius 2 is 1.78 bits per heavy atom. The lowest BCUT2D eigenvalue weighted by atomic mass is 9.92. The highest BCUT2D eigenvalue weighted by Crippen LogP contribution is 2.39. The Balaban J connectivity index is 1.63. The molecule has 4 rings (SSSR count). The molecule has 3 aromatic rings. The lowest BCUT2D eigenvalue weighted by Gasteiger charge is -2.39. The van der Waals surface area contributed by atoms with Gasteiger partial charge in [0.1, 0.15) is 12.4 Å². The number of halogens is 1. The van der Waals surface area contributed by atoms with Crippen molar-refractivity contribution >= 4 is 40.6 Å². The molecule has 7 nitrogen and oxygen atoms in total. The van der Waals surface area contributed by atoms with Crippen LogP contribution in [0.1, 0.15) is 33.1 Å². The lowest BCUT2D eigenvalue weighted by Crippen LogP contribution is -2.44. The number of fused-ring (bicyclic) bond motifs is 1. The third kappa shape index (κ3) is 5.76. The number of benzene rings is 3. The van der Waals surface area contributed by atoms with E-state index in [1.807, 2.05) is 37.3 Å². The van der Waals surface area contributed by atoms with Crippen molar-refractivity contribution in [3.63, 3.8) is 0 Å². The van der Waals surface area contributed by atoms with Gasteiger partial charge in [-0.3, -0.25) is 0 Å². The van der Waals surface area contributed by atoms with Crippen LogP contribution in [-0.2, 0) is 11.2 Å². The van der Waals surface area contributed by atoms with Crippen LogP contribution in [-0.4, -0.2) is 50.5 Å². The number of thiocarbonyl (C=S) groups is 1. The second-order valence-electron chi connectivity index (χ2n) is 8.53. The molecule has 1 heterocycles. The quantitative estimate of drug-likeness (QED) is 0.297. The fraction of sp³-hybridized carbons (Fsp3) is 0.286. The number of carbonyl (C=O) groups excluding carboxylic acids is 1.